The molecule has 4 rings (SSSR count). The maximum absolute atomic E-state index is 13.6. The van der Waals surface area contributed by atoms with Gasteiger partial charge in [-0.2, -0.15) is 0 Å². The summed E-state index contributed by atoms with van der Waals surface area (Å²) in [6.45, 7) is 7.56. The Balaban J connectivity index is 1.81. The number of hydrogen-bond acceptors (Lipinski definition) is 5. The number of aromatic nitrogens is 2. The number of halogens is 1. The van der Waals surface area contributed by atoms with E-state index in [-0.39, 0.29) is 5.56 Å². The first-order chi connectivity index (χ1) is 14.6. The monoisotopic (exact) mass is 441 g/mol. The predicted octanol–water partition coefficient (Wildman–Crippen LogP) is 5.30. The lowest BCUT2D eigenvalue weighted by atomic mass is 10.1. The zero-order valence-corrected chi connectivity index (χ0v) is 18.7. The van der Waals surface area contributed by atoms with Crippen molar-refractivity contribution in [3.05, 3.63) is 74.8 Å². The van der Waals surface area contributed by atoms with Gasteiger partial charge in [-0.1, -0.05) is 37.6 Å². The minimum atomic E-state index is -0.0104. The second-order valence-corrected chi connectivity index (χ2v) is 8.42. The lowest BCUT2D eigenvalue weighted by Crippen LogP contribution is -2.33. The van der Waals surface area contributed by atoms with Crippen molar-refractivity contribution in [2.75, 3.05) is 19.6 Å². The molecule has 1 aromatic carbocycles. The van der Waals surface area contributed by atoms with E-state index in [1.54, 1.807) is 6.26 Å². The molecule has 0 aliphatic heterocycles. The molecule has 0 saturated carbocycles. The van der Waals surface area contributed by atoms with Gasteiger partial charge in [0, 0.05) is 35.5 Å². The normalized spacial score (nSPS) is 11.6. The van der Waals surface area contributed by atoms with Gasteiger partial charge in [0.1, 0.15) is 16.4 Å². The summed E-state index contributed by atoms with van der Waals surface area (Å²) in [6.07, 6.45) is 2.20. The fraction of sp³-hybridized carbons (Fsp3) is 0.304. The highest BCUT2D eigenvalue weighted by Crippen LogP contribution is 2.31. The standard InChI is InChI=1S/C23H24ClN3O2S/c1-3-26(4-2)11-12-27-20(14-16-7-9-17(24)10-8-16)25-22-21(23(27)28)18(15-30-22)19-6-5-13-29-19/h5-10,13,15H,3-4,11-12,14H2,1-2H3. The van der Waals surface area contributed by atoms with Crippen molar-refractivity contribution in [2.45, 2.75) is 26.8 Å². The van der Waals surface area contributed by atoms with Crippen molar-refractivity contribution in [1.82, 2.24) is 14.5 Å². The van der Waals surface area contributed by atoms with Gasteiger partial charge in [-0.3, -0.25) is 9.36 Å². The molecule has 3 heterocycles. The minimum absolute atomic E-state index is 0.0104. The Hall–Kier alpha value is -2.41. The van der Waals surface area contributed by atoms with Gasteiger partial charge in [0.05, 0.1) is 11.6 Å². The molecule has 0 amide bonds. The SMILES string of the molecule is CCN(CC)CCn1c(Cc2ccc(Cl)cc2)nc2scc(-c3ccco3)c2c1=O. The Kier molecular flexibility index (Phi) is 6.37. The van der Waals surface area contributed by atoms with E-state index in [9.17, 15) is 4.79 Å². The van der Waals surface area contributed by atoms with E-state index in [1.807, 2.05) is 46.3 Å². The molecule has 3 aromatic heterocycles. The van der Waals surface area contributed by atoms with Crippen LogP contribution in [0.25, 0.3) is 21.5 Å². The smallest absolute Gasteiger partial charge is 0.263 e. The largest absolute Gasteiger partial charge is 0.464 e. The van der Waals surface area contributed by atoms with Gasteiger partial charge in [-0.05, 0) is 42.9 Å². The molecule has 4 aromatic rings. The molecule has 0 radical (unpaired) electrons. The molecule has 7 heteroatoms. The van der Waals surface area contributed by atoms with Gasteiger partial charge in [0.25, 0.3) is 5.56 Å². The molecule has 0 spiro atoms. The lowest BCUT2D eigenvalue weighted by Gasteiger charge is -2.20. The zero-order chi connectivity index (χ0) is 21.1. The van der Waals surface area contributed by atoms with E-state index in [1.165, 1.54) is 11.3 Å². The number of fused-ring (bicyclic) bond motifs is 1. The van der Waals surface area contributed by atoms with Crippen molar-refractivity contribution in [2.24, 2.45) is 0 Å². The van der Waals surface area contributed by atoms with Gasteiger partial charge in [-0.15, -0.1) is 11.3 Å². The maximum Gasteiger partial charge on any atom is 0.263 e. The highest BCUT2D eigenvalue weighted by atomic mass is 35.5. The second-order valence-electron chi connectivity index (χ2n) is 7.12. The summed E-state index contributed by atoms with van der Waals surface area (Å²) < 4.78 is 7.39. The summed E-state index contributed by atoms with van der Waals surface area (Å²) in [5.74, 6) is 1.47. The Bertz CT molecular complexity index is 1180. The molecular weight excluding hydrogens is 418 g/mol. The fourth-order valence-electron chi connectivity index (χ4n) is 3.61. The Morgan fingerprint density at radius 1 is 1.17 bits per heavy atom. The number of benzene rings is 1. The van der Waals surface area contributed by atoms with Crippen molar-refractivity contribution >= 4 is 33.2 Å². The number of furan rings is 1. The van der Waals surface area contributed by atoms with Crippen LogP contribution in [-0.4, -0.2) is 34.1 Å². The van der Waals surface area contributed by atoms with Gasteiger partial charge in [0.15, 0.2) is 0 Å². The molecule has 0 aliphatic carbocycles. The number of rotatable bonds is 8. The number of nitrogens with zero attached hydrogens (tertiary/aromatic N) is 3. The lowest BCUT2D eigenvalue weighted by molar-refractivity contribution is 0.287. The third-order valence-corrected chi connectivity index (χ3v) is 6.49. The summed E-state index contributed by atoms with van der Waals surface area (Å²) in [5.41, 5.74) is 1.88. The van der Waals surface area contributed by atoms with E-state index < -0.39 is 0 Å². The van der Waals surface area contributed by atoms with Crippen LogP contribution in [0.3, 0.4) is 0 Å². The third-order valence-electron chi connectivity index (χ3n) is 5.37. The van der Waals surface area contributed by atoms with Crippen LogP contribution in [0, 0.1) is 0 Å². The summed E-state index contributed by atoms with van der Waals surface area (Å²) >= 11 is 7.51. The van der Waals surface area contributed by atoms with Crippen molar-refractivity contribution in [1.29, 1.82) is 0 Å². The topological polar surface area (TPSA) is 51.3 Å². The Morgan fingerprint density at radius 3 is 2.60 bits per heavy atom. The second kappa shape index (κ2) is 9.16. The van der Waals surface area contributed by atoms with Crippen LogP contribution in [0.5, 0.6) is 0 Å². The molecule has 0 N–H and O–H groups in total. The highest BCUT2D eigenvalue weighted by Gasteiger charge is 2.19. The molecule has 0 bridgehead atoms. The van der Waals surface area contributed by atoms with Crippen LogP contribution in [0.4, 0.5) is 0 Å². The van der Waals surface area contributed by atoms with E-state index >= 15 is 0 Å². The first kappa shape index (κ1) is 20.8. The molecule has 0 fully saturated rings. The molecule has 0 atom stereocenters. The van der Waals surface area contributed by atoms with Gasteiger partial charge < -0.3 is 9.32 Å². The number of hydrogen-bond donors (Lipinski definition) is 0. The molecule has 5 nitrogen and oxygen atoms in total. The van der Waals surface area contributed by atoms with E-state index in [4.69, 9.17) is 21.0 Å². The first-order valence-electron chi connectivity index (χ1n) is 10.1. The number of thiophene rings is 1. The quantitative estimate of drug-likeness (QED) is 0.372. The summed E-state index contributed by atoms with van der Waals surface area (Å²) in [5, 5.41) is 3.29. The number of likely N-dealkylation sites (N-methyl/N-ethyl adjacent to an activating group) is 1. The third kappa shape index (κ3) is 4.21. The van der Waals surface area contributed by atoms with Gasteiger partial charge in [0.2, 0.25) is 0 Å². The summed E-state index contributed by atoms with van der Waals surface area (Å²) in [6, 6.07) is 11.4. The molecule has 0 saturated heterocycles. The highest BCUT2D eigenvalue weighted by molar-refractivity contribution is 7.17. The fourth-order valence-corrected chi connectivity index (χ4v) is 4.67. The molecule has 156 valence electrons. The average molecular weight is 442 g/mol. The molecule has 0 aliphatic rings. The zero-order valence-electron chi connectivity index (χ0n) is 17.1. The van der Waals surface area contributed by atoms with Crippen LogP contribution in [0.2, 0.25) is 5.02 Å². The Labute approximate surface area is 184 Å². The Morgan fingerprint density at radius 2 is 1.93 bits per heavy atom. The van der Waals surface area contributed by atoms with Crippen molar-refractivity contribution < 1.29 is 4.42 Å². The van der Waals surface area contributed by atoms with Crippen LogP contribution in [-0.2, 0) is 13.0 Å². The first-order valence-corrected chi connectivity index (χ1v) is 11.4. The van der Waals surface area contributed by atoms with Crippen molar-refractivity contribution in [3.8, 4) is 11.3 Å². The molecular formula is C23H24ClN3O2S. The van der Waals surface area contributed by atoms with Crippen molar-refractivity contribution in [3.63, 3.8) is 0 Å². The van der Waals surface area contributed by atoms with E-state index in [0.717, 1.165) is 41.4 Å². The van der Waals surface area contributed by atoms with Gasteiger partial charge in [-0.25, -0.2) is 4.98 Å². The maximum atomic E-state index is 13.6. The minimum Gasteiger partial charge on any atom is -0.464 e. The summed E-state index contributed by atoms with van der Waals surface area (Å²) in [4.78, 5) is 21.6. The van der Waals surface area contributed by atoms with Crippen LogP contribution in [0.15, 0.2) is 57.3 Å². The molecule has 30 heavy (non-hydrogen) atoms. The van der Waals surface area contributed by atoms with E-state index in [2.05, 4.69) is 18.7 Å². The average Bonchev–Trinajstić information content (AvgIpc) is 3.42. The summed E-state index contributed by atoms with van der Waals surface area (Å²) in [7, 11) is 0. The van der Waals surface area contributed by atoms with Crippen LogP contribution < -0.4 is 5.56 Å². The van der Waals surface area contributed by atoms with Crippen LogP contribution >= 0.6 is 22.9 Å². The molecule has 0 unspecified atom stereocenters. The van der Waals surface area contributed by atoms with Crippen LogP contribution in [0.1, 0.15) is 25.2 Å². The van der Waals surface area contributed by atoms with E-state index in [0.29, 0.717) is 29.1 Å². The van der Waals surface area contributed by atoms with Gasteiger partial charge >= 0.3 is 0 Å². The predicted molar refractivity (Wildman–Crippen MR) is 124 cm³/mol.